The molecule has 0 atom stereocenters. The Morgan fingerprint density at radius 1 is 1.19 bits per heavy atom. The Bertz CT molecular complexity index is 509. The lowest BCUT2D eigenvalue weighted by molar-refractivity contribution is -0.0658. The Labute approximate surface area is 92.5 Å². The molecule has 86 valence electrons. The zero-order valence-corrected chi connectivity index (χ0v) is 9.22. The highest BCUT2D eigenvalue weighted by Crippen LogP contribution is 2.40. The molecule has 2 nitrogen and oxygen atoms in total. The monoisotopic (exact) mass is 224 g/mol. The maximum absolute atomic E-state index is 14.1. The maximum Gasteiger partial charge on any atom is 0.292 e. The summed E-state index contributed by atoms with van der Waals surface area (Å²) in [6.07, 6.45) is 1.33. The van der Waals surface area contributed by atoms with Crippen LogP contribution in [-0.2, 0) is 5.92 Å². The molecule has 2 aromatic rings. The number of para-hydroxylation sites is 1. The minimum Gasteiger partial charge on any atom is -0.361 e. The topological polar surface area (TPSA) is 41.8 Å². The lowest BCUT2D eigenvalue weighted by Gasteiger charge is -2.29. The molecule has 16 heavy (non-hydrogen) atoms. The molecule has 0 amide bonds. The molecule has 0 spiro atoms. The lowest BCUT2D eigenvalue weighted by Crippen LogP contribution is -2.48. The minimum atomic E-state index is -3.06. The quantitative estimate of drug-likeness (QED) is 0.809. The summed E-state index contributed by atoms with van der Waals surface area (Å²) in [6.45, 7) is 2.66. The summed E-state index contributed by atoms with van der Waals surface area (Å²) in [7, 11) is 0. The van der Waals surface area contributed by atoms with Crippen LogP contribution in [0.25, 0.3) is 10.9 Å². The van der Waals surface area contributed by atoms with Gasteiger partial charge in [0.2, 0.25) is 0 Å². The molecular weight excluding hydrogens is 210 g/mol. The third-order valence-electron chi connectivity index (χ3n) is 2.74. The van der Waals surface area contributed by atoms with Gasteiger partial charge in [-0.2, -0.15) is 8.78 Å². The summed E-state index contributed by atoms with van der Waals surface area (Å²) >= 11 is 0. The highest BCUT2D eigenvalue weighted by atomic mass is 19.3. The average molecular weight is 224 g/mol. The molecule has 0 bridgehead atoms. The molecule has 2 rings (SSSR count). The number of H-pyrrole nitrogens is 1. The van der Waals surface area contributed by atoms with Crippen molar-refractivity contribution >= 4 is 10.9 Å². The fourth-order valence-electron chi connectivity index (χ4n) is 1.68. The van der Waals surface area contributed by atoms with Crippen LogP contribution in [0.4, 0.5) is 8.78 Å². The molecule has 0 unspecified atom stereocenters. The Kier molecular flexibility index (Phi) is 2.27. The SMILES string of the molecule is CC(C)(N)C(F)(F)c1c[nH]c2ccccc12. The normalized spacial score (nSPS) is 13.3. The first-order valence-electron chi connectivity index (χ1n) is 5.07. The summed E-state index contributed by atoms with van der Waals surface area (Å²) in [5.41, 5.74) is 4.60. The van der Waals surface area contributed by atoms with E-state index in [-0.39, 0.29) is 5.56 Å². The molecule has 1 aromatic heterocycles. The summed E-state index contributed by atoms with van der Waals surface area (Å²) in [5.74, 6) is -3.06. The number of hydrogen-bond donors (Lipinski definition) is 2. The molecule has 0 saturated carbocycles. The van der Waals surface area contributed by atoms with E-state index in [1.54, 1.807) is 24.3 Å². The molecule has 1 aromatic carbocycles. The Morgan fingerprint density at radius 2 is 1.81 bits per heavy atom. The number of alkyl halides is 2. The molecule has 4 heteroatoms. The molecule has 0 radical (unpaired) electrons. The number of nitrogens with two attached hydrogens (primary N) is 1. The number of aromatic nitrogens is 1. The number of hydrogen-bond acceptors (Lipinski definition) is 1. The van der Waals surface area contributed by atoms with Crippen molar-refractivity contribution in [1.29, 1.82) is 0 Å². The first-order valence-corrected chi connectivity index (χ1v) is 5.07. The van der Waals surface area contributed by atoms with Crippen molar-refractivity contribution in [2.75, 3.05) is 0 Å². The largest absolute Gasteiger partial charge is 0.361 e. The van der Waals surface area contributed by atoms with Gasteiger partial charge in [0.05, 0.1) is 5.54 Å². The van der Waals surface area contributed by atoms with Crippen LogP contribution < -0.4 is 5.73 Å². The van der Waals surface area contributed by atoms with Crippen LogP contribution in [0.2, 0.25) is 0 Å². The third kappa shape index (κ3) is 1.50. The van der Waals surface area contributed by atoms with Crippen molar-refractivity contribution in [2.45, 2.75) is 25.3 Å². The smallest absolute Gasteiger partial charge is 0.292 e. The van der Waals surface area contributed by atoms with Crippen molar-refractivity contribution in [1.82, 2.24) is 4.98 Å². The van der Waals surface area contributed by atoms with Gasteiger partial charge in [-0.25, -0.2) is 0 Å². The number of nitrogens with one attached hydrogen (secondary N) is 1. The van der Waals surface area contributed by atoms with Gasteiger partial charge in [0.1, 0.15) is 0 Å². The second kappa shape index (κ2) is 3.28. The van der Waals surface area contributed by atoms with E-state index in [0.717, 1.165) is 0 Å². The van der Waals surface area contributed by atoms with E-state index in [1.165, 1.54) is 20.0 Å². The van der Waals surface area contributed by atoms with E-state index in [9.17, 15) is 8.78 Å². The standard InChI is InChI=1S/C12H14F2N2/c1-11(2,15)12(13,14)9-7-16-10-6-4-3-5-8(9)10/h3-7,16H,15H2,1-2H3. The van der Waals surface area contributed by atoms with E-state index < -0.39 is 11.5 Å². The maximum atomic E-state index is 14.1. The van der Waals surface area contributed by atoms with Crippen molar-refractivity contribution < 1.29 is 8.78 Å². The number of halogens is 2. The molecule has 0 aliphatic carbocycles. The predicted molar refractivity (Wildman–Crippen MR) is 60.5 cm³/mol. The molecule has 0 aliphatic rings. The number of benzene rings is 1. The van der Waals surface area contributed by atoms with Crippen molar-refractivity contribution in [3.05, 3.63) is 36.0 Å². The average Bonchev–Trinajstić information content (AvgIpc) is 2.59. The van der Waals surface area contributed by atoms with Gasteiger partial charge >= 0.3 is 0 Å². The summed E-state index contributed by atoms with van der Waals surface area (Å²) < 4.78 is 28.2. The van der Waals surface area contributed by atoms with E-state index in [0.29, 0.717) is 10.9 Å². The fraction of sp³-hybridized carbons (Fsp3) is 0.333. The number of fused-ring (bicyclic) bond motifs is 1. The molecular formula is C12H14F2N2. The fourth-order valence-corrected chi connectivity index (χ4v) is 1.68. The molecule has 0 saturated heterocycles. The van der Waals surface area contributed by atoms with Crippen LogP contribution in [0.3, 0.4) is 0 Å². The predicted octanol–water partition coefficient (Wildman–Crippen LogP) is 3.00. The molecule has 1 heterocycles. The van der Waals surface area contributed by atoms with Gasteiger partial charge in [0.15, 0.2) is 0 Å². The zero-order valence-electron chi connectivity index (χ0n) is 9.22. The van der Waals surface area contributed by atoms with Crippen LogP contribution in [-0.4, -0.2) is 10.5 Å². The molecule has 0 aliphatic heterocycles. The van der Waals surface area contributed by atoms with Crippen LogP contribution in [0.15, 0.2) is 30.5 Å². The van der Waals surface area contributed by atoms with Crippen molar-refractivity contribution in [2.24, 2.45) is 5.73 Å². The highest BCUT2D eigenvalue weighted by Gasteiger charge is 2.46. The van der Waals surface area contributed by atoms with Crippen LogP contribution in [0.5, 0.6) is 0 Å². The summed E-state index contributed by atoms with van der Waals surface area (Å²) in [6, 6.07) is 6.97. The Morgan fingerprint density at radius 3 is 2.44 bits per heavy atom. The van der Waals surface area contributed by atoms with Crippen molar-refractivity contribution in [3.8, 4) is 0 Å². The van der Waals surface area contributed by atoms with Gasteiger partial charge in [-0.1, -0.05) is 18.2 Å². The Hall–Kier alpha value is -1.42. The lowest BCUT2D eigenvalue weighted by atomic mass is 9.91. The van der Waals surface area contributed by atoms with Crippen molar-refractivity contribution in [3.63, 3.8) is 0 Å². The van der Waals surface area contributed by atoms with E-state index >= 15 is 0 Å². The van der Waals surface area contributed by atoms with Crippen LogP contribution >= 0.6 is 0 Å². The van der Waals surface area contributed by atoms with E-state index in [2.05, 4.69) is 4.98 Å². The van der Waals surface area contributed by atoms with E-state index in [1.807, 2.05) is 0 Å². The van der Waals surface area contributed by atoms with Gasteiger partial charge in [-0.15, -0.1) is 0 Å². The van der Waals surface area contributed by atoms with Gasteiger partial charge in [0.25, 0.3) is 5.92 Å². The van der Waals surface area contributed by atoms with Crippen LogP contribution in [0.1, 0.15) is 19.4 Å². The number of aromatic amines is 1. The van der Waals surface area contributed by atoms with E-state index in [4.69, 9.17) is 5.73 Å². The third-order valence-corrected chi connectivity index (χ3v) is 2.74. The van der Waals surface area contributed by atoms with Gasteiger partial charge in [-0.05, 0) is 19.9 Å². The zero-order chi connectivity index (χ0) is 12.0. The first-order chi connectivity index (χ1) is 7.34. The summed E-state index contributed by atoms with van der Waals surface area (Å²) in [5, 5.41) is 0.519. The molecule has 0 fully saturated rings. The summed E-state index contributed by atoms with van der Waals surface area (Å²) in [4.78, 5) is 2.83. The Balaban J connectivity index is 2.64. The van der Waals surface area contributed by atoms with Gasteiger partial charge in [-0.3, -0.25) is 0 Å². The van der Waals surface area contributed by atoms with Gasteiger partial charge in [0, 0.05) is 22.7 Å². The highest BCUT2D eigenvalue weighted by molar-refractivity contribution is 5.84. The second-order valence-electron chi connectivity index (χ2n) is 4.54. The van der Waals surface area contributed by atoms with Crippen LogP contribution in [0, 0.1) is 0 Å². The minimum absolute atomic E-state index is 0.0457. The molecule has 3 N–H and O–H groups in total. The second-order valence-corrected chi connectivity index (χ2v) is 4.54. The van der Waals surface area contributed by atoms with Gasteiger partial charge < -0.3 is 10.7 Å². The first kappa shape index (κ1) is 11.1. The number of rotatable bonds is 2.